The van der Waals surface area contributed by atoms with Crippen LogP contribution in [0.3, 0.4) is 0 Å². The lowest BCUT2D eigenvalue weighted by Crippen LogP contribution is -2.03. The van der Waals surface area contributed by atoms with Crippen molar-refractivity contribution in [2.24, 2.45) is 0 Å². The van der Waals surface area contributed by atoms with Crippen molar-refractivity contribution >= 4 is 28.7 Å². The van der Waals surface area contributed by atoms with Crippen LogP contribution < -0.4 is 0 Å². The Balaban J connectivity index is 2.37. The van der Waals surface area contributed by atoms with Gasteiger partial charge in [-0.1, -0.05) is 11.6 Å². The van der Waals surface area contributed by atoms with Crippen molar-refractivity contribution in [1.82, 2.24) is 4.98 Å². The minimum atomic E-state index is -4.53. The summed E-state index contributed by atoms with van der Waals surface area (Å²) in [6, 6.07) is 4.60. The van der Waals surface area contributed by atoms with Gasteiger partial charge in [-0.25, -0.2) is 4.98 Å². The molecule has 100 valence electrons. The molecule has 0 spiro atoms. The molecule has 0 N–H and O–H groups in total. The summed E-state index contributed by atoms with van der Waals surface area (Å²) in [7, 11) is 0. The molecule has 0 atom stereocenters. The summed E-state index contributed by atoms with van der Waals surface area (Å²) in [6.45, 7) is 1.67. The van der Waals surface area contributed by atoms with Gasteiger partial charge in [0.1, 0.15) is 0 Å². The molecule has 1 heterocycles. The number of carbonyl (C=O) groups excluding carboxylic acids is 1. The van der Waals surface area contributed by atoms with Crippen LogP contribution in [0.4, 0.5) is 13.2 Å². The van der Waals surface area contributed by atoms with E-state index in [2.05, 4.69) is 4.98 Å². The molecule has 0 unspecified atom stereocenters. The normalized spacial score (nSPS) is 11.6. The Labute approximate surface area is 115 Å². The largest absolute Gasteiger partial charge is 0.443 e. The lowest BCUT2D eigenvalue weighted by Gasteiger charge is -2.03. The van der Waals surface area contributed by atoms with Gasteiger partial charge in [0.2, 0.25) is 5.78 Å². The molecular formula is C12H7ClF3NOS. The molecule has 0 bridgehead atoms. The van der Waals surface area contributed by atoms with Gasteiger partial charge in [0, 0.05) is 16.8 Å². The van der Waals surface area contributed by atoms with Crippen LogP contribution in [0.2, 0.25) is 5.02 Å². The Bertz CT molecular complexity index is 636. The first-order valence-corrected chi connectivity index (χ1v) is 6.32. The van der Waals surface area contributed by atoms with E-state index in [9.17, 15) is 18.0 Å². The number of halogens is 4. The van der Waals surface area contributed by atoms with Crippen LogP contribution >= 0.6 is 22.9 Å². The highest BCUT2D eigenvalue weighted by Gasteiger charge is 2.35. The number of rotatable bonds is 2. The number of thiazole rings is 1. The summed E-state index contributed by atoms with van der Waals surface area (Å²) in [5.74, 6) is -0.484. The molecule has 19 heavy (non-hydrogen) atoms. The minimum Gasteiger partial charge on any atom is -0.288 e. The van der Waals surface area contributed by atoms with E-state index < -0.39 is 17.0 Å². The Morgan fingerprint density at radius 3 is 2.58 bits per heavy atom. The van der Waals surface area contributed by atoms with E-state index in [0.29, 0.717) is 27.5 Å². The fourth-order valence-electron chi connectivity index (χ4n) is 1.52. The van der Waals surface area contributed by atoms with Gasteiger partial charge in [-0.05, 0) is 30.7 Å². The molecule has 0 aliphatic rings. The molecule has 2 aromatic rings. The standard InChI is InChI=1S/C12H7ClF3NOS/c1-6-4-7(13)2-3-8(6)10(18)9-5-17-11(19-9)12(14,15)16/h2-5H,1H3. The second kappa shape index (κ2) is 4.94. The van der Waals surface area contributed by atoms with Crippen LogP contribution in [0.25, 0.3) is 0 Å². The predicted octanol–water partition coefficient (Wildman–Crippen LogP) is 4.35. The third-order valence-electron chi connectivity index (χ3n) is 2.41. The molecule has 0 aliphatic carbocycles. The Morgan fingerprint density at radius 2 is 2.05 bits per heavy atom. The summed E-state index contributed by atoms with van der Waals surface area (Å²) >= 11 is 6.10. The van der Waals surface area contributed by atoms with Crippen molar-refractivity contribution in [2.45, 2.75) is 13.1 Å². The van der Waals surface area contributed by atoms with Crippen LogP contribution in [0.5, 0.6) is 0 Å². The summed E-state index contributed by atoms with van der Waals surface area (Å²) in [5.41, 5.74) is 0.932. The Kier molecular flexibility index (Phi) is 3.64. The van der Waals surface area contributed by atoms with E-state index in [1.807, 2.05) is 0 Å². The van der Waals surface area contributed by atoms with Crippen molar-refractivity contribution in [3.05, 3.63) is 50.4 Å². The first kappa shape index (κ1) is 14.0. The maximum atomic E-state index is 12.4. The van der Waals surface area contributed by atoms with E-state index in [4.69, 9.17) is 11.6 Å². The smallest absolute Gasteiger partial charge is 0.288 e. The third-order valence-corrected chi connectivity index (χ3v) is 3.68. The van der Waals surface area contributed by atoms with Gasteiger partial charge in [0.05, 0.1) is 4.88 Å². The predicted molar refractivity (Wildman–Crippen MR) is 66.7 cm³/mol. The lowest BCUT2D eigenvalue weighted by molar-refractivity contribution is -0.137. The second-order valence-electron chi connectivity index (χ2n) is 3.82. The monoisotopic (exact) mass is 305 g/mol. The zero-order chi connectivity index (χ0) is 14.2. The number of hydrogen-bond donors (Lipinski definition) is 0. The van der Waals surface area contributed by atoms with Crippen LogP contribution in [0.1, 0.15) is 25.8 Å². The number of nitrogens with zero attached hydrogens (tertiary/aromatic N) is 1. The van der Waals surface area contributed by atoms with Crippen LogP contribution in [-0.2, 0) is 6.18 Å². The number of hydrogen-bond acceptors (Lipinski definition) is 3. The molecule has 0 radical (unpaired) electrons. The van der Waals surface area contributed by atoms with Gasteiger partial charge < -0.3 is 0 Å². The maximum Gasteiger partial charge on any atom is 0.443 e. The molecule has 7 heteroatoms. The summed E-state index contributed by atoms with van der Waals surface area (Å²) < 4.78 is 37.3. The number of aromatic nitrogens is 1. The molecule has 0 saturated heterocycles. The average Bonchev–Trinajstić information content (AvgIpc) is 2.76. The topological polar surface area (TPSA) is 30.0 Å². The zero-order valence-electron chi connectivity index (χ0n) is 9.58. The second-order valence-corrected chi connectivity index (χ2v) is 5.28. The number of ketones is 1. The van der Waals surface area contributed by atoms with E-state index in [-0.39, 0.29) is 4.88 Å². The number of benzene rings is 1. The van der Waals surface area contributed by atoms with Crippen LogP contribution in [0.15, 0.2) is 24.4 Å². The van der Waals surface area contributed by atoms with Crippen molar-refractivity contribution in [3.63, 3.8) is 0 Å². The first-order chi connectivity index (χ1) is 8.79. The molecular weight excluding hydrogens is 299 g/mol. The first-order valence-electron chi connectivity index (χ1n) is 5.13. The fraction of sp³-hybridized carbons (Fsp3) is 0.167. The van der Waals surface area contributed by atoms with Crippen molar-refractivity contribution in [2.75, 3.05) is 0 Å². The Morgan fingerprint density at radius 1 is 1.37 bits per heavy atom. The molecule has 0 saturated carbocycles. The average molecular weight is 306 g/mol. The van der Waals surface area contributed by atoms with Crippen molar-refractivity contribution < 1.29 is 18.0 Å². The van der Waals surface area contributed by atoms with Gasteiger partial charge in [-0.3, -0.25) is 4.79 Å². The van der Waals surface area contributed by atoms with Gasteiger partial charge in [-0.2, -0.15) is 13.2 Å². The van der Waals surface area contributed by atoms with Crippen LogP contribution in [-0.4, -0.2) is 10.8 Å². The lowest BCUT2D eigenvalue weighted by atomic mass is 10.0. The third kappa shape index (κ3) is 2.96. The Hall–Kier alpha value is -1.40. The summed E-state index contributed by atoms with van der Waals surface area (Å²) in [5, 5.41) is -0.559. The zero-order valence-corrected chi connectivity index (χ0v) is 11.2. The van der Waals surface area contributed by atoms with E-state index in [0.717, 1.165) is 6.20 Å². The molecule has 2 nitrogen and oxygen atoms in total. The molecule has 0 fully saturated rings. The maximum absolute atomic E-state index is 12.4. The molecule has 1 aromatic carbocycles. The number of aryl methyl sites for hydroxylation is 1. The summed E-state index contributed by atoms with van der Waals surface area (Å²) in [6.07, 6.45) is -3.58. The number of carbonyl (C=O) groups is 1. The molecule has 0 aliphatic heterocycles. The van der Waals surface area contributed by atoms with Gasteiger partial charge >= 0.3 is 6.18 Å². The van der Waals surface area contributed by atoms with Gasteiger partial charge in [0.25, 0.3) is 0 Å². The van der Waals surface area contributed by atoms with E-state index >= 15 is 0 Å². The fourth-order valence-corrected chi connectivity index (χ4v) is 2.49. The minimum absolute atomic E-state index is 0.0438. The summed E-state index contributed by atoms with van der Waals surface area (Å²) in [4.78, 5) is 15.3. The highest BCUT2D eigenvalue weighted by molar-refractivity contribution is 7.14. The van der Waals surface area contributed by atoms with Gasteiger partial charge in [0.15, 0.2) is 5.01 Å². The van der Waals surface area contributed by atoms with E-state index in [1.165, 1.54) is 12.1 Å². The van der Waals surface area contributed by atoms with E-state index in [1.54, 1.807) is 13.0 Å². The highest BCUT2D eigenvalue weighted by atomic mass is 35.5. The van der Waals surface area contributed by atoms with Gasteiger partial charge in [-0.15, -0.1) is 11.3 Å². The molecule has 2 rings (SSSR count). The number of alkyl halides is 3. The van der Waals surface area contributed by atoms with Crippen molar-refractivity contribution in [3.8, 4) is 0 Å². The SMILES string of the molecule is Cc1cc(Cl)ccc1C(=O)c1cnc(C(F)(F)F)s1. The molecule has 0 amide bonds. The highest BCUT2D eigenvalue weighted by Crippen LogP contribution is 2.33. The molecule has 1 aromatic heterocycles. The van der Waals surface area contributed by atoms with Crippen LogP contribution in [0, 0.1) is 6.92 Å². The van der Waals surface area contributed by atoms with Crippen molar-refractivity contribution in [1.29, 1.82) is 0 Å². The quantitative estimate of drug-likeness (QED) is 0.772.